The van der Waals surface area contributed by atoms with Crippen LogP contribution in [0.3, 0.4) is 0 Å². The van der Waals surface area contributed by atoms with Crippen LogP contribution >= 0.6 is 15.9 Å². The lowest BCUT2D eigenvalue weighted by Gasteiger charge is -2.40. The van der Waals surface area contributed by atoms with Crippen molar-refractivity contribution in [1.82, 2.24) is 0 Å². The standard InChI is InChI=1S/C16H23BrO3/c1-19-14-7-6-13(17)10-12(14)11-15(18)16(20-2)8-4-3-5-9-16/h6-7,10,15,18H,3-5,8-9,11H2,1-2H3. The van der Waals surface area contributed by atoms with Gasteiger partial charge in [-0.2, -0.15) is 0 Å². The van der Waals surface area contributed by atoms with Crippen molar-refractivity contribution in [2.75, 3.05) is 14.2 Å². The molecule has 1 aromatic rings. The van der Waals surface area contributed by atoms with Crippen molar-refractivity contribution in [2.45, 2.75) is 50.2 Å². The van der Waals surface area contributed by atoms with E-state index < -0.39 is 11.7 Å². The molecule has 3 nitrogen and oxygen atoms in total. The van der Waals surface area contributed by atoms with Crippen LogP contribution in [0.4, 0.5) is 0 Å². The van der Waals surface area contributed by atoms with Crippen LogP contribution in [0, 0.1) is 0 Å². The van der Waals surface area contributed by atoms with E-state index >= 15 is 0 Å². The maximum absolute atomic E-state index is 10.7. The van der Waals surface area contributed by atoms with Gasteiger partial charge >= 0.3 is 0 Å². The maximum Gasteiger partial charge on any atom is 0.122 e. The van der Waals surface area contributed by atoms with Gasteiger partial charge < -0.3 is 14.6 Å². The number of aliphatic hydroxyl groups excluding tert-OH is 1. The van der Waals surface area contributed by atoms with Gasteiger partial charge in [-0.1, -0.05) is 35.2 Å². The Morgan fingerprint density at radius 3 is 2.55 bits per heavy atom. The second-order valence-electron chi connectivity index (χ2n) is 5.51. The van der Waals surface area contributed by atoms with Crippen molar-refractivity contribution in [3.05, 3.63) is 28.2 Å². The third kappa shape index (κ3) is 3.35. The maximum atomic E-state index is 10.7. The predicted molar refractivity (Wildman–Crippen MR) is 83.2 cm³/mol. The number of methoxy groups -OCH3 is 2. The summed E-state index contributed by atoms with van der Waals surface area (Å²) >= 11 is 3.47. The molecule has 1 unspecified atom stereocenters. The quantitative estimate of drug-likeness (QED) is 0.886. The van der Waals surface area contributed by atoms with Gasteiger partial charge in [-0.3, -0.25) is 0 Å². The monoisotopic (exact) mass is 342 g/mol. The lowest BCUT2D eigenvalue weighted by atomic mass is 9.78. The molecule has 4 heteroatoms. The van der Waals surface area contributed by atoms with Crippen LogP contribution in [0.2, 0.25) is 0 Å². The summed E-state index contributed by atoms with van der Waals surface area (Å²) in [5.74, 6) is 0.814. The summed E-state index contributed by atoms with van der Waals surface area (Å²) < 4.78 is 12.1. The highest BCUT2D eigenvalue weighted by Crippen LogP contribution is 2.36. The van der Waals surface area contributed by atoms with Crippen molar-refractivity contribution >= 4 is 15.9 Å². The third-order valence-electron chi connectivity index (χ3n) is 4.37. The van der Waals surface area contributed by atoms with Gasteiger partial charge in [-0.15, -0.1) is 0 Å². The molecule has 0 saturated heterocycles. The molecule has 1 aromatic carbocycles. The number of benzene rings is 1. The Bertz CT molecular complexity index is 441. The zero-order chi connectivity index (χ0) is 14.6. The van der Waals surface area contributed by atoms with Crippen LogP contribution in [-0.4, -0.2) is 31.0 Å². The Morgan fingerprint density at radius 1 is 1.25 bits per heavy atom. The SMILES string of the molecule is COc1ccc(Br)cc1CC(O)C1(OC)CCCCC1. The normalized spacial score (nSPS) is 19.6. The highest BCUT2D eigenvalue weighted by molar-refractivity contribution is 9.10. The Hall–Kier alpha value is -0.580. The van der Waals surface area contributed by atoms with Crippen molar-refractivity contribution < 1.29 is 14.6 Å². The van der Waals surface area contributed by atoms with Crippen LogP contribution in [-0.2, 0) is 11.2 Å². The predicted octanol–water partition coefficient (Wildman–Crippen LogP) is 3.71. The Balaban J connectivity index is 2.17. The van der Waals surface area contributed by atoms with Crippen molar-refractivity contribution in [1.29, 1.82) is 0 Å². The molecule has 1 aliphatic rings. The van der Waals surface area contributed by atoms with Crippen molar-refractivity contribution in [3.63, 3.8) is 0 Å². The number of hydrogen-bond acceptors (Lipinski definition) is 3. The van der Waals surface area contributed by atoms with Gasteiger partial charge in [0.05, 0.1) is 18.8 Å². The van der Waals surface area contributed by atoms with E-state index in [2.05, 4.69) is 15.9 Å². The summed E-state index contributed by atoms with van der Waals surface area (Å²) in [5.41, 5.74) is 0.613. The van der Waals surface area contributed by atoms with Gasteiger partial charge in [0, 0.05) is 18.0 Å². The van der Waals surface area contributed by atoms with Gasteiger partial charge in [0.2, 0.25) is 0 Å². The topological polar surface area (TPSA) is 38.7 Å². The molecule has 2 rings (SSSR count). The molecule has 1 fully saturated rings. The lowest BCUT2D eigenvalue weighted by Crippen LogP contribution is -2.46. The largest absolute Gasteiger partial charge is 0.496 e. The number of ether oxygens (including phenoxy) is 2. The minimum Gasteiger partial charge on any atom is -0.496 e. The molecule has 0 amide bonds. The number of rotatable bonds is 5. The molecule has 0 spiro atoms. The van der Waals surface area contributed by atoms with E-state index in [-0.39, 0.29) is 0 Å². The molecular formula is C16H23BrO3. The lowest BCUT2D eigenvalue weighted by molar-refractivity contribution is -0.122. The van der Waals surface area contributed by atoms with E-state index in [0.29, 0.717) is 6.42 Å². The van der Waals surface area contributed by atoms with Crippen LogP contribution in [0.1, 0.15) is 37.7 Å². The third-order valence-corrected chi connectivity index (χ3v) is 4.86. The second kappa shape index (κ2) is 6.92. The first-order chi connectivity index (χ1) is 9.61. The van der Waals surface area contributed by atoms with Crippen LogP contribution in [0.25, 0.3) is 0 Å². The molecule has 112 valence electrons. The summed E-state index contributed by atoms with van der Waals surface area (Å²) in [6.07, 6.45) is 5.40. The molecule has 20 heavy (non-hydrogen) atoms. The average molecular weight is 343 g/mol. The highest BCUT2D eigenvalue weighted by Gasteiger charge is 2.39. The van der Waals surface area contributed by atoms with Crippen LogP contribution in [0.5, 0.6) is 5.75 Å². The molecule has 0 aromatic heterocycles. The zero-order valence-electron chi connectivity index (χ0n) is 12.2. The Morgan fingerprint density at radius 2 is 1.95 bits per heavy atom. The average Bonchev–Trinajstić information content (AvgIpc) is 2.48. The number of halogens is 1. The van der Waals surface area contributed by atoms with Gasteiger partial charge in [0.1, 0.15) is 5.75 Å². The molecular weight excluding hydrogens is 320 g/mol. The minimum atomic E-state index is -0.504. The summed E-state index contributed by atoms with van der Waals surface area (Å²) in [5, 5.41) is 10.7. The van der Waals surface area contributed by atoms with Crippen molar-refractivity contribution in [2.24, 2.45) is 0 Å². The first-order valence-corrected chi connectivity index (χ1v) is 7.96. The van der Waals surface area contributed by atoms with Gasteiger partial charge in [-0.25, -0.2) is 0 Å². The number of hydrogen-bond donors (Lipinski definition) is 1. The van der Waals surface area contributed by atoms with E-state index in [9.17, 15) is 5.11 Å². The first kappa shape index (κ1) is 15.8. The molecule has 0 heterocycles. The fraction of sp³-hybridized carbons (Fsp3) is 0.625. The molecule has 0 bridgehead atoms. The first-order valence-electron chi connectivity index (χ1n) is 7.17. The Labute approximate surface area is 129 Å². The van der Waals surface area contributed by atoms with Crippen LogP contribution in [0.15, 0.2) is 22.7 Å². The zero-order valence-corrected chi connectivity index (χ0v) is 13.8. The van der Waals surface area contributed by atoms with E-state index in [0.717, 1.165) is 41.5 Å². The van der Waals surface area contributed by atoms with Crippen molar-refractivity contribution in [3.8, 4) is 5.75 Å². The van der Waals surface area contributed by atoms with E-state index in [1.54, 1.807) is 14.2 Å². The highest BCUT2D eigenvalue weighted by atomic mass is 79.9. The minimum absolute atomic E-state index is 0.397. The van der Waals surface area contributed by atoms with E-state index in [4.69, 9.17) is 9.47 Å². The summed E-state index contributed by atoms with van der Waals surface area (Å²) in [6.45, 7) is 0. The molecule has 1 aliphatic carbocycles. The van der Waals surface area contributed by atoms with Gasteiger partial charge in [-0.05, 0) is 36.6 Å². The molecule has 0 radical (unpaired) electrons. The summed E-state index contributed by atoms with van der Waals surface area (Å²) in [4.78, 5) is 0. The fourth-order valence-electron chi connectivity index (χ4n) is 3.12. The fourth-order valence-corrected chi connectivity index (χ4v) is 3.53. The van der Waals surface area contributed by atoms with Crippen LogP contribution < -0.4 is 4.74 Å². The molecule has 0 aliphatic heterocycles. The molecule has 1 saturated carbocycles. The van der Waals surface area contributed by atoms with E-state index in [1.807, 2.05) is 18.2 Å². The van der Waals surface area contributed by atoms with Gasteiger partial charge in [0.15, 0.2) is 0 Å². The van der Waals surface area contributed by atoms with E-state index in [1.165, 1.54) is 6.42 Å². The smallest absolute Gasteiger partial charge is 0.122 e. The van der Waals surface area contributed by atoms with Gasteiger partial charge in [0.25, 0.3) is 0 Å². The molecule has 1 N–H and O–H groups in total. The Kier molecular flexibility index (Phi) is 5.47. The summed E-state index contributed by atoms with van der Waals surface area (Å²) in [7, 11) is 3.37. The number of aliphatic hydroxyl groups is 1. The second-order valence-corrected chi connectivity index (χ2v) is 6.42. The summed E-state index contributed by atoms with van der Waals surface area (Å²) in [6, 6.07) is 5.88. The molecule has 1 atom stereocenters.